The summed E-state index contributed by atoms with van der Waals surface area (Å²) in [5.74, 6) is 0.126. The summed E-state index contributed by atoms with van der Waals surface area (Å²) in [7, 11) is 0. The number of nitrogens with zero attached hydrogens (tertiary/aromatic N) is 2. The van der Waals surface area contributed by atoms with Gasteiger partial charge in [-0.2, -0.15) is 0 Å². The Labute approximate surface area is 149 Å². The average Bonchev–Trinajstić information content (AvgIpc) is 2.68. The van der Waals surface area contributed by atoms with Gasteiger partial charge in [0.05, 0.1) is 16.6 Å². The molecule has 1 heterocycles. The summed E-state index contributed by atoms with van der Waals surface area (Å²) in [6.45, 7) is 0. The predicted octanol–water partition coefficient (Wildman–Crippen LogP) is 4.70. The number of aromatic nitrogens is 2. The number of benzene rings is 3. The lowest BCUT2D eigenvalue weighted by Crippen LogP contribution is -2.22. The molecule has 0 aliphatic heterocycles. The molecule has 3 nitrogen and oxygen atoms in total. The minimum absolute atomic E-state index is 0.157. The van der Waals surface area contributed by atoms with Crippen LogP contribution in [0.25, 0.3) is 28.7 Å². The van der Waals surface area contributed by atoms with E-state index in [1.165, 1.54) is 6.07 Å². The standard InChI is InChI=1S/C22H15FN2O/c23-19-12-6-4-8-16(19)14-15-21-24-20-13-7-5-11-18(20)22(26)25(21)17-9-2-1-3-10-17/h1-15H. The second kappa shape index (κ2) is 6.76. The Hall–Kier alpha value is -3.53. The predicted molar refractivity (Wildman–Crippen MR) is 103 cm³/mol. The van der Waals surface area contributed by atoms with Crippen LogP contribution < -0.4 is 5.56 Å². The van der Waals surface area contributed by atoms with E-state index in [2.05, 4.69) is 4.98 Å². The SMILES string of the molecule is O=c1c2ccccc2nc(C=Cc2ccccc2F)n1-c1ccccc1. The molecule has 4 heteroatoms. The van der Waals surface area contributed by atoms with Gasteiger partial charge in [0.25, 0.3) is 5.56 Å². The number of fused-ring (bicyclic) bond motifs is 1. The number of halogens is 1. The van der Waals surface area contributed by atoms with Gasteiger partial charge in [0.15, 0.2) is 0 Å². The molecular formula is C22H15FN2O. The topological polar surface area (TPSA) is 34.9 Å². The van der Waals surface area contributed by atoms with Crippen molar-refractivity contribution in [2.75, 3.05) is 0 Å². The zero-order valence-corrected chi connectivity index (χ0v) is 13.8. The molecule has 0 spiro atoms. The van der Waals surface area contributed by atoms with Crippen LogP contribution in [0.3, 0.4) is 0 Å². The monoisotopic (exact) mass is 342 g/mol. The molecule has 26 heavy (non-hydrogen) atoms. The minimum Gasteiger partial charge on any atom is -0.268 e. The van der Waals surface area contributed by atoms with E-state index >= 15 is 0 Å². The van der Waals surface area contributed by atoms with Crippen molar-refractivity contribution in [1.82, 2.24) is 9.55 Å². The highest BCUT2D eigenvalue weighted by atomic mass is 19.1. The van der Waals surface area contributed by atoms with Gasteiger partial charge in [-0.05, 0) is 42.5 Å². The maximum Gasteiger partial charge on any atom is 0.266 e. The van der Waals surface area contributed by atoms with Crippen LogP contribution in [0.1, 0.15) is 11.4 Å². The summed E-state index contributed by atoms with van der Waals surface area (Å²) in [5.41, 5.74) is 1.60. The van der Waals surface area contributed by atoms with Crippen LogP contribution in [-0.2, 0) is 0 Å². The first-order valence-corrected chi connectivity index (χ1v) is 8.24. The number of para-hydroxylation sites is 2. The lowest BCUT2D eigenvalue weighted by molar-refractivity contribution is 0.625. The van der Waals surface area contributed by atoms with E-state index in [-0.39, 0.29) is 11.4 Å². The van der Waals surface area contributed by atoms with Crippen LogP contribution in [0.5, 0.6) is 0 Å². The van der Waals surface area contributed by atoms with E-state index in [1.807, 2.05) is 42.5 Å². The molecule has 0 amide bonds. The molecule has 0 saturated heterocycles. The zero-order chi connectivity index (χ0) is 17.9. The van der Waals surface area contributed by atoms with E-state index in [9.17, 15) is 9.18 Å². The first kappa shape index (κ1) is 16.0. The summed E-state index contributed by atoms with van der Waals surface area (Å²) in [6.07, 6.45) is 3.30. The molecule has 0 aliphatic rings. The largest absolute Gasteiger partial charge is 0.268 e. The van der Waals surface area contributed by atoms with E-state index in [0.717, 1.165) is 0 Å². The Bertz CT molecular complexity index is 1160. The molecule has 3 aromatic carbocycles. The number of rotatable bonds is 3. The Morgan fingerprint density at radius 2 is 1.50 bits per heavy atom. The molecule has 4 rings (SSSR count). The van der Waals surface area contributed by atoms with Gasteiger partial charge in [0.2, 0.25) is 0 Å². The Balaban J connectivity index is 1.96. The van der Waals surface area contributed by atoms with E-state index in [0.29, 0.717) is 28.0 Å². The van der Waals surface area contributed by atoms with Crippen molar-refractivity contribution in [3.8, 4) is 5.69 Å². The van der Waals surface area contributed by atoms with Crippen LogP contribution >= 0.6 is 0 Å². The van der Waals surface area contributed by atoms with Crippen molar-refractivity contribution >= 4 is 23.1 Å². The molecule has 0 unspecified atom stereocenters. The fourth-order valence-electron chi connectivity index (χ4n) is 2.86. The zero-order valence-electron chi connectivity index (χ0n) is 13.8. The second-order valence-electron chi connectivity index (χ2n) is 5.82. The average molecular weight is 342 g/mol. The summed E-state index contributed by atoms with van der Waals surface area (Å²) < 4.78 is 15.4. The van der Waals surface area contributed by atoms with Crippen molar-refractivity contribution in [2.45, 2.75) is 0 Å². The fraction of sp³-hybridized carbons (Fsp3) is 0. The smallest absolute Gasteiger partial charge is 0.266 e. The number of hydrogen-bond acceptors (Lipinski definition) is 2. The van der Waals surface area contributed by atoms with Crippen LogP contribution in [-0.4, -0.2) is 9.55 Å². The molecule has 0 N–H and O–H groups in total. The third-order valence-corrected chi connectivity index (χ3v) is 4.13. The first-order valence-electron chi connectivity index (χ1n) is 8.24. The van der Waals surface area contributed by atoms with Crippen molar-refractivity contribution in [1.29, 1.82) is 0 Å². The van der Waals surface area contributed by atoms with Gasteiger partial charge < -0.3 is 0 Å². The third-order valence-electron chi connectivity index (χ3n) is 4.13. The molecule has 0 fully saturated rings. The Morgan fingerprint density at radius 1 is 0.808 bits per heavy atom. The molecule has 0 atom stereocenters. The van der Waals surface area contributed by atoms with Gasteiger partial charge in [0.1, 0.15) is 11.6 Å². The first-order chi connectivity index (χ1) is 12.7. The third kappa shape index (κ3) is 2.93. The summed E-state index contributed by atoms with van der Waals surface area (Å²) >= 11 is 0. The molecule has 4 aromatic rings. The Kier molecular flexibility index (Phi) is 4.15. The molecule has 0 bridgehead atoms. The van der Waals surface area contributed by atoms with Crippen LogP contribution in [0.2, 0.25) is 0 Å². The van der Waals surface area contributed by atoms with Gasteiger partial charge in [0, 0.05) is 5.56 Å². The Morgan fingerprint density at radius 3 is 2.31 bits per heavy atom. The molecule has 1 aromatic heterocycles. The van der Waals surface area contributed by atoms with E-state index in [1.54, 1.807) is 47.1 Å². The lowest BCUT2D eigenvalue weighted by Gasteiger charge is -2.11. The van der Waals surface area contributed by atoms with Crippen LogP contribution in [0.4, 0.5) is 4.39 Å². The van der Waals surface area contributed by atoms with Gasteiger partial charge in [-0.25, -0.2) is 9.37 Å². The quantitative estimate of drug-likeness (QED) is 0.541. The molecule has 0 aliphatic carbocycles. The summed E-state index contributed by atoms with van der Waals surface area (Å²) in [5, 5.41) is 0.541. The normalized spacial score (nSPS) is 11.3. The maximum absolute atomic E-state index is 13.9. The van der Waals surface area contributed by atoms with Crippen LogP contribution in [0.15, 0.2) is 83.7 Å². The minimum atomic E-state index is -0.321. The van der Waals surface area contributed by atoms with E-state index < -0.39 is 0 Å². The van der Waals surface area contributed by atoms with Gasteiger partial charge in [-0.3, -0.25) is 9.36 Å². The van der Waals surface area contributed by atoms with E-state index in [4.69, 9.17) is 0 Å². The van der Waals surface area contributed by atoms with Gasteiger partial charge >= 0.3 is 0 Å². The van der Waals surface area contributed by atoms with Crippen LogP contribution in [0, 0.1) is 5.82 Å². The van der Waals surface area contributed by atoms with Crippen molar-refractivity contribution in [3.63, 3.8) is 0 Å². The lowest BCUT2D eigenvalue weighted by atomic mass is 10.2. The fourth-order valence-corrected chi connectivity index (χ4v) is 2.86. The van der Waals surface area contributed by atoms with Crippen molar-refractivity contribution in [3.05, 3.63) is 106 Å². The molecule has 0 radical (unpaired) electrons. The maximum atomic E-state index is 13.9. The molecule has 0 saturated carbocycles. The second-order valence-corrected chi connectivity index (χ2v) is 5.82. The summed E-state index contributed by atoms with van der Waals surface area (Å²) in [4.78, 5) is 17.7. The van der Waals surface area contributed by atoms with Crippen molar-refractivity contribution in [2.24, 2.45) is 0 Å². The van der Waals surface area contributed by atoms with Gasteiger partial charge in [-0.1, -0.05) is 48.5 Å². The highest BCUT2D eigenvalue weighted by molar-refractivity contribution is 5.80. The number of hydrogen-bond donors (Lipinski definition) is 0. The summed E-state index contributed by atoms with van der Waals surface area (Å²) in [6, 6.07) is 23.0. The highest BCUT2D eigenvalue weighted by Gasteiger charge is 2.10. The highest BCUT2D eigenvalue weighted by Crippen LogP contribution is 2.16. The molecule has 126 valence electrons. The van der Waals surface area contributed by atoms with Gasteiger partial charge in [-0.15, -0.1) is 0 Å². The molecular weight excluding hydrogens is 327 g/mol. The van der Waals surface area contributed by atoms with Crippen molar-refractivity contribution < 1.29 is 4.39 Å².